The van der Waals surface area contributed by atoms with Gasteiger partial charge in [0, 0.05) is 5.56 Å². The lowest BCUT2D eigenvalue weighted by atomic mass is 10.1. The van der Waals surface area contributed by atoms with Gasteiger partial charge >= 0.3 is 5.97 Å². The molecule has 2 aromatic carbocycles. The molecule has 26 heavy (non-hydrogen) atoms. The molecule has 0 unspecified atom stereocenters. The molecule has 134 valence electrons. The highest BCUT2D eigenvalue weighted by molar-refractivity contribution is 5.89. The van der Waals surface area contributed by atoms with Crippen LogP contribution in [0.25, 0.3) is 11.5 Å². The molecule has 0 saturated heterocycles. The standard InChI is InChI=1S/C19H18N2O5/c1-12(25-19(23)15-5-3-13(11-22)4-6-15)17-20-21-18(26-17)14-7-9-16(24-2)10-8-14/h3-10,12,22H,11H2,1-2H3/t12-/m1/s1. The predicted molar refractivity (Wildman–Crippen MR) is 92.5 cm³/mol. The molecule has 1 N–H and O–H groups in total. The lowest BCUT2D eigenvalue weighted by molar-refractivity contribution is 0.0280. The van der Waals surface area contributed by atoms with Gasteiger partial charge in [-0.15, -0.1) is 10.2 Å². The molecule has 1 heterocycles. The topological polar surface area (TPSA) is 94.7 Å². The summed E-state index contributed by atoms with van der Waals surface area (Å²) in [6.45, 7) is 1.58. The summed E-state index contributed by atoms with van der Waals surface area (Å²) in [5.41, 5.74) is 1.84. The summed E-state index contributed by atoms with van der Waals surface area (Å²) in [7, 11) is 1.59. The molecule has 0 bridgehead atoms. The van der Waals surface area contributed by atoms with Crippen molar-refractivity contribution in [1.29, 1.82) is 0 Å². The maximum absolute atomic E-state index is 12.2. The number of aliphatic hydroxyl groups is 1. The number of benzene rings is 2. The van der Waals surface area contributed by atoms with Gasteiger partial charge in [0.1, 0.15) is 5.75 Å². The van der Waals surface area contributed by atoms with Gasteiger partial charge in [0.05, 0.1) is 19.3 Å². The summed E-state index contributed by atoms with van der Waals surface area (Å²) < 4.78 is 16.1. The Morgan fingerprint density at radius 2 is 1.81 bits per heavy atom. The third-order valence-corrected chi connectivity index (χ3v) is 3.78. The lowest BCUT2D eigenvalue weighted by Crippen LogP contribution is -2.09. The van der Waals surface area contributed by atoms with E-state index in [1.807, 2.05) is 0 Å². The van der Waals surface area contributed by atoms with Crippen molar-refractivity contribution in [2.24, 2.45) is 0 Å². The van der Waals surface area contributed by atoms with Gasteiger partial charge in [-0.05, 0) is 48.9 Å². The zero-order valence-electron chi connectivity index (χ0n) is 14.4. The van der Waals surface area contributed by atoms with Crippen molar-refractivity contribution in [2.75, 3.05) is 7.11 Å². The second kappa shape index (κ2) is 7.79. The van der Waals surface area contributed by atoms with Crippen LogP contribution >= 0.6 is 0 Å². The van der Waals surface area contributed by atoms with E-state index in [9.17, 15) is 4.79 Å². The quantitative estimate of drug-likeness (QED) is 0.679. The fourth-order valence-electron chi connectivity index (χ4n) is 2.27. The van der Waals surface area contributed by atoms with E-state index in [1.54, 1.807) is 62.6 Å². The zero-order chi connectivity index (χ0) is 18.5. The van der Waals surface area contributed by atoms with E-state index in [1.165, 1.54) is 0 Å². The zero-order valence-corrected chi connectivity index (χ0v) is 14.4. The van der Waals surface area contributed by atoms with Crippen LogP contribution in [0.4, 0.5) is 0 Å². The SMILES string of the molecule is COc1ccc(-c2nnc([C@@H](C)OC(=O)c3ccc(CO)cc3)o2)cc1. The molecule has 0 radical (unpaired) electrons. The number of hydrogen-bond acceptors (Lipinski definition) is 7. The molecule has 0 aliphatic rings. The van der Waals surface area contributed by atoms with Crippen LogP contribution < -0.4 is 4.74 Å². The van der Waals surface area contributed by atoms with E-state index in [4.69, 9.17) is 19.0 Å². The molecule has 7 heteroatoms. The first-order chi connectivity index (χ1) is 12.6. The molecule has 1 aromatic heterocycles. The van der Waals surface area contributed by atoms with Crippen LogP contribution in [0.15, 0.2) is 52.9 Å². The van der Waals surface area contributed by atoms with Crippen molar-refractivity contribution < 1.29 is 23.8 Å². The van der Waals surface area contributed by atoms with Crippen molar-refractivity contribution in [3.63, 3.8) is 0 Å². The van der Waals surface area contributed by atoms with Gasteiger partial charge in [-0.25, -0.2) is 4.79 Å². The van der Waals surface area contributed by atoms with Crippen LogP contribution in [0.1, 0.15) is 34.8 Å². The smallest absolute Gasteiger partial charge is 0.338 e. The van der Waals surface area contributed by atoms with Crippen LogP contribution in [0.5, 0.6) is 5.75 Å². The van der Waals surface area contributed by atoms with Gasteiger partial charge < -0.3 is 19.0 Å². The predicted octanol–water partition coefficient (Wildman–Crippen LogP) is 3.16. The van der Waals surface area contributed by atoms with Gasteiger partial charge in [-0.3, -0.25) is 0 Å². The fraction of sp³-hybridized carbons (Fsp3) is 0.211. The number of hydrogen-bond donors (Lipinski definition) is 1. The number of nitrogens with zero attached hydrogens (tertiary/aromatic N) is 2. The Morgan fingerprint density at radius 3 is 2.42 bits per heavy atom. The average Bonchev–Trinajstić information content (AvgIpc) is 3.18. The number of methoxy groups -OCH3 is 1. The number of rotatable bonds is 6. The molecule has 1 atom stereocenters. The van der Waals surface area contributed by atoms with Gasteiger partial charge in [-0.1, -0.05) is 12.1 Å². The molecule has 0 aliphatic heterocycles. The van der Waals surface area contributed by atoms with Crippen LogP contribution in [-0.4, -0.2) is 28.4 Å². The van der Waals surface area contributed by atoms with E-state index in [0.29, 0.717) is 11.5 Å². The Hall–Kier alpha value is -3.19. The summed E-state index contributed by atoms with van der Waals surface area (Å²) in [4.78, 5) is 12.2. The number of aromatic nitrogens is 2. The Balaban J connectivity index is 1.68. The Labute approximate surface area is 150 Å². The molecule has 3 rings (SSSR count). The van der Waals surface area contributed by atoms with Gasteiger partial charge in [0.2, 0.25) is 5.89 Å². The van der Waals surface area contributed by atoms with E-state index >= 15 is 0 Å². The molecule has 3 aromatic rings. The van der Waals surface area contributed by atoms with E-state index in [-0.39, 0.29) is 12.5 Å². The average molecular weight is 354 g/mol. The van der Waals surface area contributed by atoms with Crippen LogP contribution in [0.3, 0.4) is 0 Å². The lowest BCUT2D eigenvalue weighted by Gasteiger charge is -2.09. The monoisotopic (exact) mass is 354 g/mol. The molecule has 7 nitrogen and oxygen atoms in total. The molecule has 0 saturated carbocycles. The maximum Gasteiger partial charge on any atom is 0.338 e. The number of carbonyl (C=O) groups is 1. The minimum atomic E-state index is -0.695. The first-order valence-corrected chi connectivity index (χ1v) is 7.99. The first-order valence-electron chi connectivity index (χ1n) is 7.99. The van der Waals surface area contributed by atoms with Crippen LogP contribution in [-0.2, 0) is 11.3 Å². The van der Waals surface area contributed by atoms with Crippen LogP contribution in [0, 0.1) is 0 Å². The van der Waals surface area contributed by atoms with Crippen molar-refractivity contribution in [2.45, 2.75) is 19.6 Å². The second-order valence-electron chi connectivity index (χ2n) is 5.58. The van der Waals surface area contributed by atoms with Crippen molar-refractivity contribution in [1.82, 2.24) is 10.2 Å². The number of ether oxygens (including phenoxy) is 2. The second-order valence-corrected chi connectivity index (χ2v) is 5.58. The first kappa shape index (κ1) is 17.6. The highest BCUT2D eigenvalue weighted by Crippen LogP contribution is 2.24. The Morgan fingerprint density at radius 1 is 1.12 bits per heavy atom. The van der Waals surface area contributed by atoms with Crippen molar-refractivity contribution >= 4 is 5.97 Å². The molecule has 0 aliphatic carbocycles. The summed E-state index contributed by atoms with van der Waals surface area (Å²) in [5.74, 6) is 0.753. The highest BCUT2D eigenvalue weighted by Gasteiger charge is 2.20. The number of carbonyl (C=O) groups excluding carboxylic acids is 1. The summed E-state index contributed by atoms with van der Waals surface area (Å²) in [5, 5.41) is 17.0. The third-order valence-electron chi connectivity index (χ3n) is 3.78. The molecular formula is C19H18N2O5. The van der Waals surface area contributed by atoms with Gasteiger partial charge in [0.25, 0.3) is 5.89 Å². The van der Waals surface area contributed by atoms with E-state index in [2.05, 4.69) is 10.2 Å². The molecular weight excluding hydrogens is 336 g/mol. The molecule has 0 amide bonds. The summed E-state index contributed by atoms with van der Waals surface area (Å²) >= 11 is 0. The minimum Gasteiger partial charge on any atom is -0.497 e. The Kier molecular flexibility index (Phi) is 5.28. The Bertz CT molecular complexity index is 872. The minimum absolute atomic E-state index is 0.0815. The van der Waals surface area contributed by atoms with Crippen molar-refractivity contribution in [3.05, 3.63) is 65.5 Å². The molecule has 0 fully saturated rings. The largest absolute Gasteiger partial charge is 0.497 e. The maximum atomic E-state index is 12.2. The number of esters is 1. The fourth-order valence-corrected chi connectivity index (χ4v) is 2.27. The van der Waals surface area contributed by atoms with Gasteiger partial charge in [0.15, 0.2) is 6.10 Å². The summed E-state index contributed by atoms with van der Waals surface area (Å²) in [6.07, 6.45) is -0.695. The highest BCUT2D eigenvalue weighted by atomic mass is 16.6. The third kappa shape index (κ3) is 3.89. The summed E-state index contributed by atoms with van der Waals surface area (Å²) in [6, 6.07) is 13.7. The molecule has 0 spiro atoms. The van der Waals surface area contributed by atoms with Gasteiger partial charge in [-0.2, -0.15) is 0 Å². The normalized spacial score (nSPS) is 11.8. The van der Waals surface area contributed by atoms with Crippen molar-refractivity contribution in [3.8, 4) is 17.2 Å². The van der Waals surface area contributed by atoms with E-state index in [0.717, 1.165) is 16.9 Å². The number of aliphatic hydroxyl groups excluding tert-OH is 1. The van der Waals surface area contributed by atoms with E-state index < -0.39 is 12.1 Å². The van der Waals surface area contributed by atoms with Crippen LogP contribution in [0.2, 0.25) is 0 Å².